The Labute approximate surface area is 188 Å². The zero-order chi connectivity index (χ0) is 23.6. The highest BCUT2D eigenvalue weighted by atomic mass is 32.2. The van der Waals surface area contributed by atoms with E-state index in [-0.39, 0.29) is 29.5 Å². The third kappa shape index (κ3) is 5.20. The first-order chi connectivity index (χ1) is 15.7. The van der Waals surface area contributed by atoms with Crippen LogP contribution in [-0.4, -0.2) is 51.1 Å². The maximum absolute atomic E-state index is 12.9. The molecule has 1 amide bonds. The molecular weight excluding hydrogens is 456 g/mol. The van der Waals surface area contributed by atoms with Crippen LogP contribution in [0.25, 0.3) is 11.1 Å². The molecular formula is C22H19F2N3O5S. The van der Waals surface area contributed by atoms with Crippen LogP contribution >= 0.6 is 0 Å². The van der Waals surface area contributed by atoms with Gasteiger partial charge in [0.15, 0.2) is 0 Å². The Morgan fingerprint density at radius 1 is 1.15 bits per heavy atom. The summed E-state index contributed by atoms with van der Waals surface area (Å²) in [5, 5.41) is 2.73. The van der Waals surface area contributed by atoms with Crippen molar-refractivity contribution >= 4 is 27.5 Å². The van der Waals surface area contributed by atoms with E-state index in [1.807, 2.05) is 0 Å². The minimum atomic E-state index is -3.50. The van der Waals surface area contributed by atoms with Gasteiger partial charge < -0.3 is 19.7 Å². The molecule has 0 atom stereocenters. The van der Waals surface area contributed by atoms with Crippen LogP contribution in [0.5, 0.6) is 11.5 Å². The number of anilines is 1. The maximum Gasteiger partial charge on any atom is 0.387 e. The van der Waals surface area contributed by atoms with Crippen LogP contribution in [0.2, 0.25) is 0 Å². The summed E-state index contributed by atoms with van der Waals surface area (Å²) in [5.74, 6) is 0.200. The van der Waals surface area contributed by atoms with Gasteiger partial charge in [-0.2, -0.15) is 8.78 Å². The topological polar surface area (TPSA) is 97.3 Å². The Morgan fingerprint density at radius 3 is 2.61 bits per heavy atom. The Bertz CT molecular complexity index is 1270. The first-order valence-corrected chi connectivity index (χ1v) is 11.4. The van der Waals surface area contributed by atoms with E-state index < -0.39 is 22.5 Å². The second-order valence-electron chi connectivity index (χ2n) is 7.12. The minimum Gasteiger partial charge on any atom is -0.497 e. The number of hydrogen-bond donors (Lipinski definition) is 1. The van der Waals surface area contributed by atoms with Crippen molar-refractivity contribution in [2.24, 2.45) is 4.40 Å². The van der Waals surface area contributed by atoms with Crippen LogP contribution in [0.3, 0.4) is 0 Å². The van der Waals surface area contributed by atoms with E-state index in [4.69, 9.17) is 4.74 Å². The highest BCUT2D eigenvalue weighted by Gasteiger charge is 2.25. The molecule has 33 heavy (non-hydrogen) atoms. The molecule has 2 aliphatic heterocycles. The summed E-state index contributed by atoms with van der Waals surface area (Å²) in [5.41, 5.74) is 1.60. The van der Waals surface area contributed by atoms with Crippen LogP contribution < -0.4 is 14.8 Å². The second-order valence-corrected chi connectivity index (χ2v) is 8.87. The molecule has 0 saturated carbocycles. The van der Waals surface area contributed by atoms with Crippen molar-refractivity contribution in [1.29, 1.82) is 0 Å². The van der Waals surface area contributed by atoms with E-state index in [2.05, 4.69) is 14.5 Å². The van der Waals surface area contributed by atoms with Crippen LogP contribution in [0.15, 0.2) is 70.8 Å². The quantitative estimate of drug-likeness (QED) is 0.688. The Kier molecular flexibility index (Phi) is 6.14. The van der Waals surface area contributed by atoms with Gasteiger partial charge in [-0.1, -0.05) is 12.1 Å². The van der Waals surface area contributed by atoms with Gasteiger partial charge in [0, 0.05) is 24.0 Å². The van der Waals surface area contributed by atoms with E-state index in [0.29, 0.717) is 22.6 Å². The van der Waals surface area contributed by atoms with E-state index in [9.17, 15) is 22.0 Å². The lowest BCUT2D eigenvalue weighted by molar-refractivity contribution is -0.112. The van der Waals surface area contributed by atoms with Gasteiger partial charge in [-0.3, -0.25) is 4.79 Å². The zero-order valence-electron chi connectivity index (χ0n) is 17.4. The third-order valence-corrected chi connectivity index (χ3v) is 6.10. The maximum atomic E-state index is 12.9. The second kappa shape index (κ2) is 9.02. The van der Waals surface area contributed by atoms with Gasteiger partial charge in [0.1, 0.15) is 17.3 Å². The van der Waals surface area contributed by atoms with Crippen molar-refractivity contribution in [2.45, 2.75) is 6.61 Å². The summed E-state index contributed by atoms with van der Waals surface area (Å²) >= 11 is 0. The fourth-order valence-electron chi connectivity index (χ4n) is 3.34. The monoisotopic (exact) mass is 475 g/mol. The molecule has 2 aliphatic rings. The molecule has 0 unspecified atom stereocenters. The lowest BCUT2D eigenvalue weighted by Gasteiger charge is -2.27. The van der Waals surface area contributed by atoms with E-state index in [1.165, 1.54) is 43.7 Å². The number of alkyl halides is 2. The van der Waals surface area contributed by atoms with Crippen LogP contribution in [0.1, 0.15) is 0 Å². The predicted molar refractivity (Wildman–Crippen MR) is 119 cm³/mol. The molecule has 4 rings (SSSR count). The summed E-state index contributed by atoms with van der Waals surface area (Å²) in [6.07, 6.45) is 4.43. The Balaban J connectivity index is 1.59. The Morgan fingerprint density at radius 2 is 1.91 bits per heavy atom. The molecule has 2 heterocycles. The number of nitrogens with zero attached hydrogens (tertiary/aromatic N) is 2. The van der Waals surface area contributed by atoms with Gasteiger partial charge in [0.05, 0.1) is 18.4 Å². The van der Waals surface area contributed by atoms with Gasteiger partial charge in [0.25, 0.3) is 15.9 Å². The number of rotatable bonds is 6. The van der Waals surface area contributed by atoms with Gasteiger partial charge in [-0.15, -0.1) is 4.40 Å². The number of amidine groups is 1. The minimum absolute atomic E-state index is 0.0414. The van der Waals surface area contributed by atoms with Gasteiger partial charge in [0.2, 0.25) is 0 Å². The summed E-state index contributed by atoms with van der Waals surface area (Å²) in [6.45, 7) is -2.83. The molecule has 2 aromatic rings. The standard InChI is InChI=1S/C22H19F2N3O5S/c1-31-17-6-2-14(3-7-17)18-12-16(5-8-19(18)32-22(23)24)25-21(28)15-4-9-20-26-33(29,30)11-10-27(20)13-15/h2-9,12-13,22H,10-11H2,1H3,(H,25,28). The predicted octanol–water partition coefficient (Wildman–Crippen LogP) is 3.40. The summed E-state index contributed by atoms with van der Waals surface area (Å²) in [4.78, 5) is 14.4. The molecule has 8 nitrogen and oxygen atoms in total. The average Bonchev–Trinajstić information content (AvgIpc) is 2.79. The number of methoxy groups -OCH3 is 1. The summed E-state index contributed by atoms with van der Waals surface area (Å²) in [6, 6.07) is 11.1. The number of sulfonamides is 1. The molecule has 0 fully saturated rings. The fraction of sp³-hybridized carbons (Fsp3) is 0.182. The molecule has 172 valence electrons. The first-order valence-electron chi connectivity index (χ1n) is 9.78. The molecule has 2 aromatic carbocycles. The molecule has 0 radical (unpaired) electrons. The van der Waals surface area contributed by atoms with Crippen molar-refractivity contribution in [3.63, 3.8) is 0 Å². The molecule has 0 bridgehead atoms. The molecule has 11 heteroatoms. The van der Waals surface area contributed by atoms with Crippen molar-refractivity contribution in [3.05, 3.63) is 66.4 Å². The largest absolute Gasteiger partial charge is 0.497 e. The van der Waals surface area contributed by atoms with E-state index >= 15 is 0 Å². The smallest absolute Gasteiger partial charge is 0.387 e. The van der Waals surface area contributed by atoms with Crippen molar-refractivity contribution < 1.29 is 31.5 Å². The van der Waals surface area contributed by atoms with Gasteiger partial charge >= 0.3 is 6.61 Å². The fourth-order valence-corrected chi connectivity index (χ4v) is 4.31. The number of ether oxygens (including phenoxy) is 2. The number of nitrogens with one attached hydrogen (secondary N) is 1. The van der Waals surface area contributed by atoms with Crippen LogP contribution in [0, 0.1) is 0 Å². The van der Waals surface area contributed by atoms with Crippen LogP contribution in [-0.2, 0) is 14.8 Å². The van der Waals surface area contributed by atoms with Crippen molar-refractivity contribution in [3.8, 4) is 22.6 Å². The van der Waals surface area contributed by atoms with Gasteiger partial charge in [-0.25, -0.2) is 8.42 Å². The van der Waals surface area contributed by atoms with Crippen molar-refractivity contribution in [2.75, 3.05) is 24.7 Å². The number of fused-ring (bicyclic) bond motifs is 1. The molecule has 0 aromatic heterocycles. The molecule has 0 spiro atoms. The lowest BCUT2D eigenvalue weighted by Crippen LogP contribution is -2.37. The highest BCUT2D eigenvalue weighted by Crippen LogP contribution is 2.35. The average molecular weight is 475 g/mol. The number of halogens is 2. The van der Waals surface area contributed by atoms with Crippen LogP contribution in [0.4, 0.5) is 14.5 Å². The number of benzene rings is 2. The highest BCUT2D eigenvalue weighted by molar-refractivity contribution is 7.90. The number of carbonyl (C=O) groups is 1. The molecule has 0 saturated heterocycles. The normalized spacial score (nSPS) is 16.5. The number of carbonyl (C=O) groups excluding carboxylic acids is 1. The molecule has 1 N–H and O–H groups in total. The molecule has 0 aliphatic carbocycles. The lowest BCUT2D eigenvalue weighted by atomic mass is 10.0. The number of amides is 1. The summed E-state index contributed by atoms with van der Waals surface area (Å²) < 4.78 is 62.5. The SMILES string of the molecule is COc1ccc(-c2cc(NC(=O)C3=CN4CCS(=O)(=O)N=C4C=C3)ccc2OC(F)F)cc1. The zero-order valence-corrected chi connectivity index (χ0v) is 18.2. The first kappa shape index (κ1) is 22.5. The third-order valence-electron chi connectivity index (χ3n) is 4.94. The Hall–Kier alpha value is -3.73. The number of hydrogen-bond acceptors (Lipinski definition) is 6. The van der Waals surface area contributed by atoms with E-state index in [1.54, 1.807) is 29.2 Å². The van der Waals surface area contributed by atoms with Gasteiger partial charge in [-0.05, 0) is 48.0 Å². The van der Waals surface area contributed by atoms with Crippen molar-refractivity contribution in [1.82, 2.24) is 4.90 Å². The van der Waals surface area contributed by atoms with E-state index in [0.717, 1.165) is 0 Å². The summed E-state index contributed by atoms with van der Waals surface area (Å²) in [7, 11) is -1.98.